The van der Waals surface area contributed by atoms with Crippen LogP contribution in [-0.4, -0.2) is 41.9 Å². The molecule has 0 aliphatic heterocycles. The summed E-state index contributed by atoms with van der Waals surface area (Å²) >= 11 is 12.2. The summed E-state index contributed by atoms with van der Waals surface area (Å²) in [6.45, 7) is 1.88. The number of methoxy groups -OCH3 is 1. The monoisotopic (exact) mass is 504 g/mol. The van der Waals surface area contributed by atoms with Crippen molar-refractivity contribution in [2.24, 2.45) is 17.4 Å². The number of halogens is 2. The van der Waals surface area contributed by atoms with E-state index in [4.69, 9.17) is 42.4 Å². The number of esters is 1. The number of hydrogen-bond donors (Lipinski definition) is 0. The molecule has 0 fully saturated rings. The number of ether oxygens (including phenoxy) is 2. The lowest BCUT2D eigenvalue weighted by Gasteiger charge is -2.10. The SMILES string of the molecule is CO/N=C(/C(=O)OC)c1ccccc1CO/N=C/c1c(C)nn(C)c1Oc1ccc(Cl)cc1Cl. The lowest BCUT2D eigenvalue weighted by Crippen LogP contribution is -2.19. The molecule has 11 heteroatoms. The molecule has 0 bridgehead atoms. The highest BCUT2D eigenvalue weighted by Crippen LogP contribution is 2.33. The largest absolute Gasteiger partial charge is 0.464 e. The number of aryl methyl sites for hydroxylation is 2. The highest BCUT2D eigenvalue weighted by molar-refractivity contribution is 6.43. The molecule has 0 aliphatic carbocycles. The Bertz CT molecular complexity index is 1240. The zero-order valence-corrected chi connectivity index (χ0v) is 20.4. The van der Waals surface area contributed by atoms with Crippen LogP contribution in [-0.2, 0) is 32.9 Å². The Kier molecular flexibility index (Phi) is 8.50. The van der Waals surface area contributed by atoms with Gasteiger partial charge in [0.05, 0.1) is 29.6 Å². The van der Waals surface area contributed by atoms with Crippen molar-refractivity contribution in [2.75, 3.05) is 14.2 Å². The van der Waals surface area contributed by atoms with Gasteiger partial charge in [0.2, 0.25) is 5.88 Å². The fraction of sp³-hybridized carbons (Fsp3) is 0.217. The van der Waals surface area contributed by atoms with E-state index in [0.29, 0.717) is 44.1 Å². The van der Waals surface area contributed by atoms with Gasteiger partial charge in [-0.2, -0.15) is 5.10 Å². The fourth-order valence-electron chi connectivity index (χ4n) is 3.04. The molecule has 0 spiro atoms. The first kappa shape index (κ1) is 25.1. The molecule has 1 aromatic heterocycles. The van der Waals surface area contributed by atoms with Crippen molar-refractivity contribution in [1.29, 1.82) is 0 Å². The van der Waals surface area contributed by atoms with Crippen molar-refractivity contribution in [3.8, 4) is 11.6 Å². The van der Waals surface area contributed by atoms with E-state index in [-0.39, 0.29) is 12.3 Å². The van der Waals surface area contributed by atoms with Crippen molar-refractivity contribution < 1.29 is 23.9 Å². The summed E-state index contributed by atoms with van der Waals surface area (Å²) in [5.41, 5.74) is 2.47. The number of aromatic nitrogens is 2. The van der Waals surface area contributed by atoms with Crippen LogP contribution in [0.2, 0.25) is 10.0 Å². The molecule has 0 atom stereocenters. The molecule has 0 saturated heterocycles. The van der Waals surface area contributed by atoms with E-state index in [0.717, 1.165) is 0 Å². The Labute approximate surface area is 206 Å². The summed E-state index contributed by atoms with van der Waals surface area (Å²) in [5, 5.41) is 13.1. The van der Waals surface area contributed by atoms with Crippen molar-refractivity contribution in [3.05, 3.63) is 74.9 Å². The molecular weight excluding hydrogens is 483 g/mol. The highest BCUT2D eigenvalue weighted by atomic mass is 35.5. The van der Waals surface area contributed by atoms with Gasteiger partial charge in [0.15, 0.2) is 5.71 Å². The Morgan fingerprint density at radius 1 is 1.18 bits per heavy atom. The van der Waals surface area contributed by atoms with E-state index in [1.54, 1.807) is 54.2 Å². The maximum absolute atomic E-state index is 12.1. The summed E-state index contributed by atoms with van der Waals surface area (Å²) in [4.78, 5) is 22.4. The lowest BCUT2D eigenvalue weighted by molar-refractivity contribution is -0.132. The van der Waals surface area contributed by atoms with Crippen molar-refractivity contribution in [2.45, 2.75) is 13.5 Å². The number of hydrogen-bond acceptors (Lipinski definition) is 8. The molecule has 3 rings (SSSR count). The van der Waals surface area contributed by atoms with Gasteiger partial charge in [-0.05, 0) is 25.1 Å². The molecule has 9 nitrogen and oxygen atoms in total. The van der Waals surface area contributed by atoms with Crippen molar-refractivity contribution >= 4 is 41.1 Å². The fourth-order valence-corrected chi connectivity index (χ4v) is 3.49. The van der Waals surface area contributed by atoms with E-state index in [1.807, 2.05) is 6.92 Å². The second kappa shape index (κ2) is 11.5. The third-order valence-electron chi connectivity index (χ3n) is 4.62. The molecule has 34 heavy (non-hydrogen) atoms. The van der Waals surface area contributed by atoms with Crippen LogP contribution in [0.5, 0.6) is 11.6 Å². The number of benzene rings is 2. The molecule has 0 unspecified atom stereocenters. The van der Waals surface area contributed by atoms with Crippen LogP contribution in [0.3, 0.4) is 0 Å². The first-order valence-corrected chi connectivity index (χ1v) is 10.7. The van der Waals surface area contributed by atoms with E-state index in [1.165, 1.54) is 20.4 Å². The number of rotatable bonds is 9. The standard InChI is InChI=1S/C23H22Cl2N4O5/c1-14-18(22(29(2)27-14)34-20-10-9-16(24)11-19(20)25)12-26-33-13-15-7-5-6-8-17(15)21(28-32-4)23(30)31-3/h5-12H,13H2,1-4H3/b26-12+,28-21+. The van der Waals surface area contributed by atoms with Crippen LogP contribution >= 0.6 is 23.2 Å². The topological polar surface area (TPSA) is 96.5 Å². The minimum Gasteiger partial charge on any atom is -0.464 e. The number of nitrogens with zero attached hydrogens (tertiary/aromatic N) is 4. The average molecular weight is 505 g/mol. The van der Waals surface area contributed by atoms with Gasteiger partial charge in [0.1, 0.15) is 19.5 Å². The summed E-state index contributed by atoms with van der Waals surface area (Å²) in [7, 11) is 4.35. The van der Waals surface area contributed by atoms with Gasteiger partial charge in [-0.3, -0.25) is 0 Å². The van der Waals surface area contributed by atoms with E-state index >= 15 is 0 Å². The number of carbonyl (C=O) groups excluding carboxylic acids is 1. The zero-order chi connectivity index (χ0) is 24.7. The van der Waals surface area contributed by atoms with Gasteiger partial charge in [0.25, 0.3) is 0 Å². The molecule has 0 amide bonds. The Hall–Kier alpha value is -3.56. The van der Waals surface area contributed by atoms with Gasteiger partial charge in [-0.25, -0.2) is 9.48 Å². The molecule has 0 N–H and O–H groups in total. The van der Waals surface area contributed by atoms with E-state index < -0.39 is 5.97 Å². The second-order valence-electron chi connectivity index (χ2n) is 6.88. The first-order valence-electron chi connectivity index (χ1n) is 9.95. The molecule has 0 aliphatic rings. The predicted molar refractivity (Wildman–Crippen MR) is 129 cm³/mol. The van der Waals surface area contributed by atoms with Crippen molar-refractivity contribution in [3.63, 3.8) is 0 Å². The van der Waals surface area contributed by atoms with Crippen LogP contribution in [0.15, 0.2) is 52.8 Å². The van der Waals surface area contributed by atoms with Crippen molar-refractivity contribution in [1.82, 2.24) is 9.78 Å². The van der Waals surface area contributed by atoms with Gasteiger partial charge >= 0.3 is 5.97 Å². The quantitative estimate of drug-likeness (QED) is 0.233. The van der Waals surface area contributed by atoms with E-state index in [2.05, 4.69) is 15.4 Å². The maximum atomic E-state index is 12.1. The molecule has 0 saturated carbocycles. The minimum atomic E-state index is -0.633. The van der Waals surface area contributed by atoms with Crippen LogP contribution in [0.25, 0.3) is 0 Å². The number of oxime groups is 2. The van der Waals surface area contributed by atoms with Crippen LogP contribution in [0.1, 0.15) is 22.4 Å². The third-order valence-corrected chi connectivity index (χ3v) is 5.16. The summed E-state index contributed by atoms with van der Waals surface area (Å²) in [5.74, 6) is 0.215. The van der Waals surface area contributed by atoms with Crippen LogP contribution < -0.4 is 4.74 Å². The summed E-state index contributed by atoms with van der Waals surface area (Å²) in [6.07, 6.45) is 1.49. The first-order chi connectivity index (χ1) is 16.3. The predicted octanol–water partition coefficient (Wildman–Crippen LogP) is 4.90. The molecule has 0 radical (unpaired) electrons. The van der Waals surface area contributed by atoms with Crippen LogP contribution in [0, 0.1) is 6.92 Å². The van der Waals surface area contributed by atoms with Gasteiger partial charge in [-0.15, -0.1) is 0 Å². The third kappa shape index (κ3) is 5.86. The van der Waals surface area contributed by atoms with E-state index in [9.17, 15) is 4.79 Å². The second-order valence-corrected chi connectivity index (χ2v) is 7.73. The Morgan fingerprint density at radius 2 is 1.94 bits per heavy atom. The molecular formula is C23H22Cl2N4O5. The Balaban J connectivity index is 1.79. The summed E-state index contributed by atoms with van der Waals surface area (Å²) in [6, 6.07) is 12.0. The van der Waals surface area contributed by atoms with Gasteiger partial charge in [-0.1, -0.05) is 57.8 Å². The van der Waals surface area contributed by atoms with Gasteiger partial charge in [0, 0.05) is 23.2 Å². The smallest absolute Gasteiger partial charge is 0.360 e. The minimum absolute atomic E-state index is 0.0202. The summed E-state index contributed by atoms with van der Waals surface area (Å²) < 4.78 is 12.3. The number of carbonyl (C=O) groups is 1. The average Bonchev–Trinajstić information content (AvgIpc) is 3.08. The maximum Gasteiger partial charge on any atom is 0.360 e. The molecule has 1 heterocycles. The normalized spacial score (nSPS) is 11.5. The molecule has 3 aromatic rings. The zero-order valence-electron chi connectivity index (χ0n) is 18.9. The molecule has 2 aromatic carbocycles. The lowest BCUT2D eigenvalue weighted by atomic mass is 10.0. The van der Waals surface area contributed by atoms with Gasteiger partial charge < -0.3 is 19.1 Å². The van der Waals surface area contributed by atoms with Crippen LogP contribution in [0.4, 0.5) is 0 Å². The Morgan fingerprint density at radius 3 is 2.65 bits per heavy atom. The highest BCUT2D eigenvalue weighted by Gasteiger charge is 2.19. The molecule has 178 valence electrons.